The third-order valence-corrected chi connectivity index (χ3v) is 8.36. The van der Waals surface area contributed by atoms with Crippen molar-refractivity contribution in [1.29, 1.82) is 0 Å². The van der Waals surface area contributed by atoms with Gasteiger partial charge in [0.1, 0.15) is 0 Å². The molecule has 2 aromatic carbocycles. The third-order valence-electron chi connectivity index (χ3n) is 6.37. The van der Waals surface area contributed by atoms with Crippen LogP contribution in [0.25, 0.3) is 0 Å². The highest BCUT2D eigenvalue weighted by Gasteiger charge is 2.30. The van der Waals surface area contributed by atoms with Gasteiger partial charge in [0.25, 0.3) is 0 Å². The van der Waals surface area contributed by atoms with Crippen molar-refractivity contribution >= 4 is 9.84 Å². The maximum absolute atomic E-state index is 13.5. The van der Waals surface area contributed by atoms with E-state index in [2.05, 4.69) is 29.2 Å². The van der Waals surface area contributed by atoms with Gasteiger partial charge in [-0.15, -0.1) is 0 Å². The van der Waals surface area contributed by atoms with Crippen molar-refractivity contribution in [1.82, 2.24) is 4.90 Å². The molecule has 166 valence electrons. The zero-order chi connectivity index (χ0) is 21.8. The lowest BCUT2D eigenvalue weighted by Crippen LogP contribution is -2.32. The molecule has 1 fully saturated rings. The number of piperidine rings is 1. The van der Waals surface area contributed by atoms with E-state index in [1.165, 1.54) is 12.7 Å². The van der Waals surface area contributed by atoms with Crippen LogP contribution >= 0.6 is 0 Å². The highest BCUT2D eigenvalue weighted by molar-refractivity contribution is 7.95. The van der Waals surface area contributed by atoms with E-state index in [9.17, 15) is 8.42 Å². The molecule has 2 aliphatic heterocycles. The number of aryl methyl sites for hydroxylation is 1. The Balaban J connectivity index is 1.51. The van der Waals surface area contributed by atoms with Crippen LogP contribution in [0, 0.1) is 5.92 Å². The molecule has 2 aromatic rings. The van der Waals surface area contributed by atoms with Gasteiger partial charge in [0.2, 0.25) is 9.84 Å². The molecule has 5 nitrogen and oxygen atoms in total. The number of hydrogen-bond donors (Lipinski definition) is 0. The van der Waals surface area contributed by atoms with Crippen LogP contribution in [0.2, 0.25) is 0 Å². The van der Waals surface area contributed by atoms with Crippen molar-refractivity contribution in [2.75, 3.05) is 27.3 Å². The quantitative estimate of drug-likeness (QED) is 0.678. The number of likely N-dealkylation sites (tertiary alicyclic amines) is 1. The topological polar surface area (TPSA) is 55.8 Å². The molecule has 0 aromatic heterocycles. The summed E-state index contributed by atoms with van der Waals surface area (Å²) in [4.78, 5) is 3.40. The minimum absolute atomic E-state index is 0.304. The number of sulfone groups is 1. The van der Waals surface area contributed by atoms with Gasteiger partial charge in [0.15, 0.2) is 11.5 Å². The van der Waals surface area contributed by atoms with E-state index in [0.29, 0.717) is 33.6 Å². The van der Waals surface area contributed by atoms with Gasteiger partial charge in [-0.25, -0.2) is 8.42 Å². The van der Waals surface area contributed by atoms with Crippen molar-refractivity contribution in [2.24, 2.45) is 5.92 Å². The predicted molar refractivity (Wildman–Crippen MR) is 122 cm³/mol. The van der Waals surface area contributed by atoms with Crippen LogP contribution < -0.4 is 9.47 Å². The minimum Gasteiger partial charge on any atom is -0.493 e. The number of methoxy groups -OCH3 is 2. The Hall–Kier alpha value is -2.31. The van der Waals surface area contributed by atoms with E-state index in [-0.39, 0.29) is 0 Å². The summed E-state index contributed by atoms with van der Waals surface area (Å²) in [6.45, 7) is 2.94. The number of hydrogen-bond acceptors (Lipinski definition) is 5. The van der Waals surface area contributed by atoms with Gasteiger partial charge in [-0.05, 0) is 68.3 Å². The van der Waals surface area contributed by atoms with Gasteiger partial charge >= 0.3 is 0 Å². The maximum Gasteiger partial charge on any atom is 0.202 e. The van der Waals surface area contributed by atoms with Gasteiger partial charge in [0, 0.05) is 17.5 Å². The lowest BCUT2D eigenvalue weighted by molar-refractivity contribution is 0.195. The van der Waals surface area contributed by atoms with Gasteiger partial charge in [-0.1, -0.05) is 36.4 Å². The molecule has 0 radical (unpaired) electrons. The first-order valence-corrected chi connectivity index (χ1v) is 12.5. The largest absolute Gasteiger partial charge is 0.493 e. The maximum atomic E-state index is 13.5. The first-order chi connectivity index (χ1) is 15.0. The first-order valence-electron chi connectivity index (χ1n) is 11.0. The SMILES string of the molecule is COc1cc2c(cc1OC)S(=O)(=O)/C(=C/C1CCN(Cc3ccccc3)CC1)CCC2. The smallest absolute Gasteiger partial charge is 0.202 e. The van der Waals surface area contributed by atoms with E-state index in [1.54, 1.807) is 13.2 Å². The van der Waals surface area contributed by atoms with Crippen LogP contribution in [0.1, 0.15) is 36.8 Å². The zero-order valence-corrected chi connectivity index (χ0v) is 19.2. The molecule has 6 heteroatoms. The fraction of sp³-hybridized carbons (Fsp3) is 0.440. The third kappa shape index (κ3) is 4.80. The lowest BCUT2D eigenvalue weighted by Gasteiger charge is -2.31. The van der Waals surface area contributed by atoms with E-state index >= 15 is 0 Å². The number of allylic oxidation sites excluding steroid dienone is 2. The molecule has 2 heterocycles. The highest BCUT2D eigenvalue weighted by atomic mass is 32.2. The van der Waals surface area contributed by atoms with Crippen molar-refractivity contribution < 1.29 is 17.9 Å². The Morgan fingerprint density at radius 3 is 2.35 bits per heavy atom. The van der Waals surface area contributed by atoms with Crippen LogP contribution in [0.5, 0.6) is 11.5 Å². The van der Waals surface area contributed by atoms with Crippen molar-refractivity contribution in [2.45, 2.75) is 43.5 Å². The fourth-order valence-corrected chi connectivity index (χ4v) is 6.47. The van der Waals surface area contributed by atoms with Crippen LogP contribution in [0.4, 0.5) is 0 Å². The molecule has 0 spiro atoms. The fourth-order valence-electron chi connectivity index (χ4n) is 4.63. The normalized spacial score (nSPS) is 20.8. The minimum atomic E-state index is -3.53. The molecular formula is C25H31NO4S. The van der Waals surface area contributed by atoms with E-state index < -0.39 is 9.84 Å². The summed E-state index contributed by atoms with van der Waals surface area (Å²) >= 11 is 0. The van der Waals surface area contributed by atoms with E-state index in [1.807, 2.05) is 18.2 Å². The molecule has 0 aliphatic carbocycles. The summed E-state index contributed by atoms with van der Waals surface area (Å²) in [7, 11) is -0.417. The molecule has 0 saturated carbocycles. The number of nitrogens with zero attached hydrogens (tertiary/aromatic N) is 1. The second kappa shape index (κ2) is 9.45. The molecule has 0 amide bonds. The number of ether oxygens (including phenoxy) is 2. The summed E-state index contributed by atoms with van der Waals surface area (Å²) < 4.78 is 37.7. The zero-order valence-electron chi connectivity index (χ0n) is 18.3. The van der Waals surface area contributed by atoms with E-state index in [4.69, 9.17) is 9.47 Å². The predicted octanol–water partition coefficient (Wildman–Crippen LogP) is 4.61. The van der Waals surface area contributed by atoms with Gasteiger partial charge in [0.05, 0.1) is 19.1 Å². The van der Waals surface area contributed by atoms with Gasteiger partial charge in [-0.2, -0.15) is 0 Å². The Labute approximate surface area is 185 Å². The van der Waals surface area contributed by atoms with Crippen molar-refractivity contribution in [3.8, 4) is 11.5 Å². The van der Waals surface area contributed by atoms with Gasteiger partial charge < -0.3 is 9.47 Å². The van der Waals surface area contributed by atoms with Crippen LogP contribution in [-0.4, -0.2) is 40.6 Å². The average molecular weight is 442 g/mol. The Morgan fingerprint density at radius 2 is 1.68 bits per heavy atom. The summed E-state index contributed by atoms with van der Waals surface area (Å²) in [6, 6.07) is 14.0. The second-order valence-corrected chi connectivity index (χ2v) is 10.4. The molecule has 0 N–H and O–H groups in total. The molecular weight excluding hydrogens is 410 g/mol. The lowest BCUT2D eigenvalue weighted by atomic mass is 9.95. The molecule has 0 atom stereocenters. The Bertz CT molecular complexity index is 1040. The molecule has 31 heavy (non-hydrogen) atoms. The number of fused-ring (bicyclic) bond motifs is 1. The summed E-state index contributed by atoms with van der Waals surface area (Å²) in [6.07, 6.45) is 6.16. The Morgan fingerprint density at radius 1 is 1.00 bits per heavy atom. The standard InChI is InChI=1S/C25H31NO4S/c1-29-23-16-21-9-6-10-22(31(27,28)25(21)17-24(23)30-2)15-19-11-13-26(14-12-19)18-20-7-4-3-5-8-20/h3-5,7-8,15-17,19H,6,9-14,18H2,1-2H3/b22-15+. The number of benzene rings is 2. The second-order valence-electron chi connectivity index (χ2n) is 8.40. The number of rotatable bonds is 5. The van der Waals surface area contributed by atoms with Gasteiger partial charge in [-0.3, -0.25) is 4.90 Å². The first kappa shape index (κ1) is 21.9. The van der Waals surface area contributed by atoms with Crippen LogP contribution in [0.15, 0.2) is 58.3 Å². The molecule has 0 bridgehead atoms. The highest BCUT2D eigenvalue weighted by Crippen LogP contribution is 2.39. The Kier molecular flexibility index (Phi) is 6.68. The van der Waals surface area contributed by atoms with Crippen molar-refractivity contribution in [3.63, 3.8) is 0 Å². The average Bonchev–Trinajstić information content (AvgIpc) is 2.90. The van der Waals surface area contributed by atoms with Crippen molar-refractivity contribution in [3.05, 3.63) is 64.6 Å². The monoisotopic (exact) mass is 441 g/mol. The summed E-state index contributed by atoms with van der Waals surface area (Å²) in [5, 5.41) is 0. The van der Waals surface area contributed by atoms with E-state index in [0.717, 1.165) is 50.9 Å². The molecule has 0 unspecified atom stereocenters. The van der Waals surface area contributed by atoms with Crippen LogP contribution in [0.3, 0.4) is 0 Å². The molecule has 1 saturated heterocycles. The summed E-state index contributed by atoms with van der Waals surface area (Å²) in [5.74, 6) is 1.34. The molecule has 4 rings (SSSR count). The summed E-state index contributed by atoms with van der Waals surface area (Å²) in [5.41, 5.74) is 2.14. The molecule has 2 aliphatic rings. The van der Waals surface area contributed by atoms with Crippen LogP contribution in [-0.2, 0) is 22.8 Å².